The summed E-state index contributed by atoms with van der Waals surface area (Å²) in [5.41, 5.74) is 0. The summed E-state index contributed by atoms with van der Waals surface area (Å²) in [4.78, 5) is 18.9. The molecule has 1 amide bonds. The van der Waals surface area contributed by atoms with Crippen LogP contribution < -0.4 is 16.0 Å². The van der Waals surface area contributed by atoms with Crippen LogP contribution in [-0.4, -0.2) is 38.0 Å². The summed E-state index contributed by atoms with van der Waals surface area (Å²) >= 11 is 1.84. The Morgan fingerprint density at radius 2 is 2.00 bits per heavy atom. The zero-order valence-electron chi connectivity index (χ0n) is 15.7. The molecule has 6 heteroatoms. The standard InChI is InChI=1S/C19H32N4OS/c1-14(12-17-9-8-15(2)25-17)23-19(20-3)22-11-10-21-18(24)13-16-6-4-5-7-16/h8-9,14,16H,4-7,10-13H2,1-3H3,(H,21,24)(H2,20,22,23). The molecular formula is C19H32N4OS. The molecule has 0 bridgehead atoms. The van der Waals surface area contributed by atoms with E-state index in [9.17, 15) is 4.79 Å². The molecule has 3 N–H and O–H groups in total. The van der Waals surface area contributed by atoms with Gasteiger partial charge in [-0.2, -0.15) is 0 Å². The van der Waals surface area contributed by atoms with E-state index in [1.54, 1.807) is 7.05 Å². The first-order valence-corrected chi connectivity index (χ1v) is 10.2. The Hall–Kier alpha value is -1.56. The van der Waals surface area contributed by atoms with Crippen molar-refractivity contribution in [1.29, 1.82) is 0 Å². The summed E-state index contributed by atoms with van der Waals surface area (Å²) in [5.74, 6) is 1.56. The maximum atomic E-state index is 11.9. The highest BCUT2D eigenvalue weighted by atomic mass is 32.1. The van der Waals surface area contributed by atoms with Crippen LogP contribution in [0.25, 0.3) is 0 Å². The van der Waals surface area contributed by atoms with Crippen molar-refractivity contribution in [3.63, 3.8) is 0 Å². The summed E-state index contributed by atoms with van der Waals surface area (Å²) in [5, 5.41) is 9.67. The van der Waals surface area contributed by atoms with E-state index in [1.165, 1.54) is 35.4 Å². The van der Waals surface area contributed by atoms with E-state index in [0.29, 0.717) is 31.5 Å². The molecule has 0 radical (unpaired) electrons. The highest BCUT2D eigenvalue weighted by Crippen LogP contribution is 2.27. The Kier molecular flexibility index (Phi) is 8.25. The molecule has 0 saturated heterocycles. The Morgan fingerprint density at radius 1 is 1.28 bits per heavy atom. The van der Waals surface area contributed by atoms with Crippen LogP contribution in [-0.2, 0) is 11.2 Å². The number of hydrogen-bond donors (Lipinski definition) is 3. The monoisotopic (exact) mass is 364 g/mol. The third-order valence-electron chi connectivity index (χ3n) is 4.60. The molecule has 0 spiro atoms. The van der Waals surface area contributed by atoms with Gasteiger partial charge in [-0.05, 0) is 44.7 Å². The van der Waals surface area contributed by atoms with Gasteiger partial charge in [0.05, 0.1) is 0 Å². The van der Waals surface area contributed by atoms with E-state index in [1.807, 2.05) is 11.3 Å². The number of aliphatic imine (C=N–C) groups is 1. The topological polar surface area (TPSA) is 65.5 Å². The molecule has 1 unspecified atom stereocenters. The third-order valence-corrected chi connectivity index (χ3v) is 5.62. The molecule has 1 aliphatic rings. The molecule has 5 nitrogen and oxygen atoms in total. The largest absolute Gasteiger partial charge is 0.355 e. The lowest BCUT2D eigenvalue weighted by atomic mass is 10.0. The number of hydrogen-bond acceptors (Lipinski definition) is 3. The Labute approximate surface area is 155 Å². The number of amides is 1. The van der Waals surface area contributed by atoms with Gasteiger partial charge < -0.3 is 16.0 Å². The second-order valence-corrected chi connectivity index (χ2v) is 8.34. The minimum absolute atomic E-state index is 0.179. The van der Waals surface area contributed by atoms with Crippen molar-refractivity contribution in [3.8, 4) is 0 Å². The Bertz CT molecular complexity index is 564. The SMILES string of the molecule is CN=C(NCCNC(=O)CC1CCCC1)NC(C)Cc1ccc(C)s1. The van der Waals surface area contributed by atoms with Gasteiger partial charge in [0.2, 0.25) is 5.91 Å². The van der Waals surface area contributed by atoms with Crippen LogP contribution in [0.4, 0.5) is 0 Å². The average molecular weight is 365 g/mol. The van der Waals surface area contributed by atoms with Crippen LogP contribution in [0.3, 0.4) is 0 Å². The van der Waals surface area contributed by atoms with Crippen molar-refractivity contribution in [3.05, 3.63) is 21.9 Å². The zero-order chi connectivity index (χ0) is 18.1. The number of nitrogens with one attached hydrogen (secondary N) is 3. The lowest BCUT2D eigenvalue weighted by molar-refractivity contribution is -0.121. The third kappa shape index (κ3) is 7.46. The van der Waals surface area contributed by atoms with E-state index in [0.717, 1.165) is 12.4 Å². The molecule has 1 aromatic rings. The van der Waals surface area contributed by atoms with E-state index in [2.05, 4.69) is 46.9 Å². The first-order valence-electron chi connectivity index (χ1n) is 9.36. The maximum Gasteiger partial charge on any atom is 0.220 e. The van der Waals surface area contributed by atoms with Crippen LogP contribution in [0, 0.1) is 12.8 Å². The van der Waals surface area contributed by atoms with Crippen molar-refractivity contribution in [2.75, 3.05) is 20.1 Å². The van der Waals surface area contributed by atoms with Gasteiger partial charge in [0.1, 0.15) is 0 Å². The van der Waals surface area contributed by atoms with Gasteiger partial charge in [-0.15, -0.1) is 11.3 Å². The Morgan fingerprint density at radius 3 is 2.64 bits per heavy atom. The quantitative estimate of drug-likeness (QED) is 0.377. The number of rotatable bonds is 8. The second kappa shape index (κ2) is 10.4. The number of thiophene rings is 1. The molecule has 0 aliphatic heterocycles. The van der Waals surface area contributed by atoms with Crippen LogP contribution in [0.2, 0.25) is 0 Å². The molecule has 25 heavy (non-hydrogen) atoms. The molecule has 1 heterocycles. The predicted molar refractivity (Wildman–Crippen MR) is 106 cm³/mol. The van der Waals surface area contributed by atoms with Crippen LogP contribution in [0.5, 0.6) is 0 Å². The second-order valence-electron chi connectivity index (χ2n) is 6.97. The molecule has 0 aromatic carbocycles. The first kappa shape index (κ1) is 19.8. The van der Waals surface area contributed by atoms with Crippen LogP contribution >= 0.6 is 11.3 Å². The van der Waals surface area contributed by atoms with Gasteiger partial charge in [-0.25, -0.2) is 0 Å². The minimum Gasteiger partial charge on any atom is -0.355 e. The van der Waals surface area contributed by atoms with Gasteiger partial charge in [0.15, 0.2) is 5.96 Å². The molecular weight excluding hydrogens is 332 g/mol. The first-order chi connectivity index (χ1) is 12.1. The van der Waals surface area contributed by atoms with E-state index in [4.69, 9.17) is 0 Å². The number of carbonyl (C=O) groups is 1. The van der Waals surface area contributed by atoms with Crippen molar-refractivity contribution in [1.82, 2.24) is 16.0 Å². The lowest BCUT2D eigenvalue weighted by Crippen LogP contribution is -2.45. The van der Waals surface area contributed by atoms with Crippen LogP contribution in [0.1, 0.15) is 48.8 Å². The van der Waals surface area contributed by atoms with Gasteiger partial charge in [-0.1, -0.05) is 12.8 Å². The van der Waals surface area contributed by atoms with Gasteiger partial charge in [0, 0.05) is 48.8 Å². The van der Waals surface area contributed by atoms with E-state index in [-0.39, 0.29) is 5.91 Å². The van der Waals surface area contributed by atoms with Gasteiger partial charge in [0.25, 0.3) is 0 Å². The summed E-state index contributed by atoms with van der Waals surface area (Å²) in [6.07, 6.45) is 6.66. The number of guanidine groups is 1. The average Bonchev–Trinajstić information content (AvgIpc) is 3.22. The van der Waals surface area contributed by atoms with Crippen molar-refractivity contribution in [2.24, 2.45) is 10.9 Å². The fraction of sp³-hybridized carbons (Fsp3) is 0.684. The number of nitrogens with zero attached hydrogens (tertiary/aromatic N) is 1. The van der Waals surface area contributed by atoms with Crippen LogP contribution in [0.15, 0.2) is 17.1 Å². The van der Waals surface area contributed by atoms with Crippen molar-refractivity contribution in [2.45, 2.75) is 58.4 Å². The van der Waals surface area contributed by atoms with E-state index < -0.39 is 0 Å². The van der Waals surface area contributed by atoms with Gasteiger partial charge in [-0.3, -0.25) is 9.79 Å². The molecule has 1 atom stereocenters. The highest BCUT2D eigenvalue weighted by molar-refractivity contribution is 7.11. The van der Waals surface area contributed by atoms with Crippen molar-refractivity contribution >= 4 is 23.2 Å². The van der Waals surface area contributed by atoms with Crippen molar-refractivity contribution < 1.29 is 4.79 Å². The normalized spacial score (nSPS) is 16.7. The summed E-state index contributed by atoms with van der Waals surface area (Å²) in [6, 6.07) is 4.66. The summed E-state index contributed by atoms with van der Waals surface area (Å²) < 4.78 is 0. The van der Waals surface area contributed by atoms with E-state index >= 15 is 0 Å². The van der Waals surface area contributed by atoms with Gasteiger partial charge >= 0.3 is 0 Å². The molecule has 2 rings (SSSR count). The predicted octanol–water partition coefficient (Wildman–Crippen LogP) is 2.85. The summed E-state index contributed by atoms with van der Waals surface area (Å²) in [6.45, 7) is 5.60. The fourth-order valence-corrected chi connectivity index (χ4v) is 4.33. The Balaban J connectivity index is 1.60. The molecule has 140 valence electrons. The number of aryl methyl sites for hydroxylation is 1. The minimum atomic E-state index is 0.179. The molecule has 1 saturated carbocycles. The molecule has 1 aliphatic carbocycles. The fourth-order valence-electron chi connectivity index (χ4n) is 3.31. The number of carbonyl (C=O) groups excluding carboxylic acids is 1. The molecule has 1 aromatic heterocycles. The maximum absolute atomic E-state index is 11.9. The lowest BCUT2D eigenvalue weighted by Gasteiger charge is -2.17. The molecule has 1 fully saturated rings. The zero-order valence-corrected chi connectivity index (χ0v) is 16.5. The highest BCUT2D eigenvalue weighted by Gasteiger charge is 2.18. The smallest absolute Gasteiger partial charge is 0.220 e. The summed E-state index contributed by atoms with van der Waals surface area (Å²) in [7, 11) is 1.77.